The number of likely N-dealkylation sites (tertiary alicyclic amines) is 1. The fraction of sp³-hybridized carbons (Fsp3) is 0.526. The highest BCUT2D eigenvalue weighted by atomic mass is 32.1. The fourth-order valence-corrected chi connectivity index (χ4v) is 4.74. The molecule has 146 valence electrons. The van der Waals surface area contributed by atoms with Gasteiger partial charge in [-0.05, 0) is 32.5 Å². The minimum absolute atomic E-state index is 0.0508. The molecule has 27 heavy (non-hydrogen) atoms. The lowest BCUT2D eigenvalue weighted by molar-refractivity contribution is -0.129. The topological polar surface area (TPSA) is 65.5 Å². The number of thiophene rings is 1. The van der Waals surface area contributed by atoms with Crippen LogP contribution in [-0.4, -0.2) is 60.3 Å². The molecule has 6 nitrogen and oxygen atoms in total. The van der Waals surface area contributed by atoms with Crippen molar-refractivity contribution >= 4 is 34.5 Å². The van der Waals surface area contributed by atoms with Crippen LogP contribution in [0.4, 0.5) is 0 Å². The number of carbonyl (C=O) groups is 2. The molecule has 2 aromatic heterocycles. The summed E-state index contributed by atoms with van der Waals surface area (Å²) in [5.74, 6) is -0.270. The number of nitrogens with zero attached hydrogens (tertiary/aromatic N) is 3. The van der Waals surface area contributed by atoms with Gasteiger partial charge in [-0.25, -0.2) is 4.98 Å². The van der Waals surface area contributed by atoms with E-state index in [0.717, 1.165) is 23.7 Å². The van der Waals surface area contributed by atoms with Crippen molar-refractivity contribution in [2.45, 2.75) is 25.8 Å². The number of likely N-dealkylation sites (N-methyl/N-ethyl adjacent to an activating group) is 1. The molecule has 0 bridgehead atoms. The lowest BCUT2D eigenvalue weighted by Gasteiger charge is -2.20. The molecule has 1 fully saturated rings. The molecule has 2 aromatic rings. The Kier molecular flexibility index (Phi) is 6.62. The quantitative estimate of drug-likeness (QED) is 0.731. The predicted molar refractivity (Wildman–Crippen MR) is 109 cm³/mol. The van der Waals surface area contributed by atoms with Crippen molar-refractivity contribution < 1.29 is 9.59 Å². The van der Waals surface area contributed by atoms with Crippen LogP contribution < -0.4 is 5.32 Å². The summed E-state index contributed by atoms with van der Waals surface area (Å²) in [6.07, 6.45) is 1.02. The van der Waals surface area contributed by atoms with E-state index < -0.39 is 0 Å². The summed E-state index contributed by atoms with van der Waals surface area (Å²) >= 11 is 3.25. The monoisotopic (exact) mass is 406 g/mol. The minimum atomic E-state index is -0.286. The Balaban J connectivity index is 1.65. The summed E-state index contributed by atoms with van der Waals surface area (Å²) in [4.78, 5) is 34.7. The number of aromatic nitrogens is 1. The van der Waals surface area contributed by atoms with Crippen molar-refractivity contribution in [3.8, 4) is 0 Å². The summed E-state index contributed by atoms with van der Waals surface area (Å²) in [5, 5.41) is 8.12. The lowest BCUT2D eigenvalue weighted by Crippen LogP contribution is -2.37. The van der Waals surface area contributed by atoms with Crippen molar-refractivity contribution in [3.05, 3.63) is 38.5 Å². The van der Waals surface area contributed by atoms with Crippen LogP contribution >= 0.6 is 22.7 Å². The van der Waals surface area contributed by atoms with E-state index in [2.05, 4.69) is 16.4 Å². The summed E-state index contributed by atoms with van der Waals surface area (Å²) in [6.45, 7) is 3.93. The van der Waals surface area contributed by atoms with Gasteiger partial charge in [0.1, 0.15) is 5.01 Å². The first kappa shape index (κ1) is 20.0. The van der Waals surface area contributed by atoms with Gasteiger partial charge in [0.15, 0.2) is 0 Å². The molecule has 0 saturated carbocycles. The molecule has 0 unspecified atom stereocenters. The van der Waals surface area contributed by atoms with E-state index in [1.54, 1.807) is 27.6 Å². The zero-order valence-corrected chi connectivity index (χ0v) is 17.6. The molecule has 3 rings (SSSR count). The highest BCUT2D eigenvalue weighted by Gasteiger charge is 2.35. The second-order valence-corrected chi connectivity index (χ2v) is 9.14. The molecular weight excluding hydrogens is 380 g/mol. The molecule has 0 spiro atoms. The third-order valence-corrected chi connectivity index (χ3v) is 6.61. The Morgan fingerprint density at radius 3 is 2.89 bits per heavy atom. The van der Waals surface area contributed by atoms with Crippen LogP contribution in [0.25, 0.3) is 0 Å². The van der Waals surface area contributed by atoms with Gasteiger partial charge in [0.2, 0.25) is 11.8 Å². The Hall–Kier alpha value is -1.77. The van der Waals surface area contributed by atoms with E-state index in [1.807, 2.05) is 42.7 Å². The summed E-state index contributed by atoms with van der Waals surface area (Å²) in [6, 6.07) is 3.94. The molecule has 1 aliphatic heterocycles. The Morgan fingerprint density at radius 2 is 2.26 bits per heavy atom. The largest absolute Gasteiger partial charge is 0.346 e. The smallest absolute Gasteiger partial charge is 0.225 e. The lowest BCUT2D eigenvalue weighted by atomic mass is 10.1. The standard InChI is InChI=1S/C19H26N4O2S2/c1-13-12-27-19(20-13)16(10-15-5-4-8-26-15)21-18(25)14-9-17(24)23(11-14)7-6-22(2)3/h4-5,8,12,14,16H,6-7,9-11H2,1-3H3,(H,21,25)/t14-,16-/m1/s1. The number of rotatable bonds is 8. The molecule has 0 aliphatic carbocycles. The second kappa shape index (κ2) is 8.95. The van der Waals surface area contributed by atoms with Gasteiger partial charge >= 0.3 is 0 Å². The van der Waals surface area contributed by atoms with Crippen LogP contribution in [0.15, 0.2) is 22.9 Å². The van der Waals surface area contributed by atoms with Gasteiger partial charge in [-0.1, -0.05) is 6.07 Å². The van der Waals surface area contributed by atoms with Crippen LogP contribution in [-0.2, 0) is 16.0 Å². The van der Waals surface area contributed by atoms with Gasteiger partial charge in [-0.3, -0.25) is 9.59 Å². The molecule has 2 amide bonds. The van der Waals surface area contributed by atoms with Crippen molar-refractivity contribution in [2.24, 2.45) is 5.92 Å². The summed E-state index contributed by atoms with van der Waals surface area (Å²) < 4.78 is 0. The van der Waals surface area contributed by atoms with Crippen LogP contribution in [0.1, 0.15) is 28.0 Å². The number of amides is 2. The summed E-state index contributed by atoms with van der Waals surface area (Å²) in [5.41, 5.74) is 0.964. The number of hydrogen-bond donors (Lipinski definition) is 1. The Bertz CT molecular complexity index is 773. The first-order valence-corrected chi connectivity index (χ1v) is 10.9. The maximum atomic E-state index is 12.9. The summed E-state index contributed by atoms with van der Waals surface area (Å²) in [7, 11) is 3.96. The van der Waals surface area contributed by atoms with Crippen molar-refractivity contribution in [3.63, 3.8) is 0 Å². The zero-order valence-electron chi connectivity index (χ0n) is 16.0. The molecule has 1 saturated heterocycles. The third-order valence-electron chi connectivity index (χ3n) is 4.64. The van der Waals surface area contributed by atoms with Gasteiger partial charge in [-0.15, -0.1) is 22.7 Å². The molecule has 0 aromatic carbocycles. The van der Waals surface area contributed by atoms with E-state index in [0.29, 0.717) is 19.5 Å². The highest BCUT2D eigenvalue weighted by Crippen LogP contribution is 2.26. The van der Waals surface area contributed by atoms with Crippen molar-refractivity contribution in [1.82, 2.24) is 20.1 Å². The third kappa shape index (κ3) is 5.37. The first-order valence-electron chi connectivity index (χ1n) is 9.09. The predicted octanol–water partition coefficient (Wildman–Crippen LogP) is 2.32. The number of hydrogen-bond acceptors (Lipinski definition) is 6. The van der Waals surface area contributed by atoms with E-state index in [-0.39, 0.29) is 23.8 Å². The maximum Gasteiger partial charge on any atom is 0.225 e. The van der Waals surface area contributed by atoms with E-state index in [9.17, 15) is 9.59 Å². The van der Waals surface area contributed by atoms with Crippen LogP contribution in [0.2, 0.25) is 0 Å². The number of carbonyl (C=O) groups excluding carboxylic acids is 2. The van der Waals surface area contributed by atoms with Crippen LogP contribution in [0, 0.1) is 12.8 Å². The van der Waals surface area contributed by atoms with E-state index in [1.165, 1.54) is 4.88 Å². The number of aryl methyl sites for hydroxylation is 1. The van der Waals surface area contributed by atoms with Gasteiger partial charge in [0.05, 0.1) is 12.0 Å². The Morgan fingerprint density at radius 1 is 1.44 bits per heavy atom. The first-order chi connectivity index (χ1) is 12.9. The maximum absolute atomic E-state index is 12.9. The molecule has 2 atom stereocenters. The highest BCUT2D eigenvalue weighted by molar-refractivity contribution is 7.10. The Labute approximate surface area is 168 Å². The van der Waals surface area contributed by atoms with Crippen molar-refractivity contribution in [1.29, 1.82) is 0 Å². The van der Waals surface area contributed by atoms with Crippen LogP contribution in [0.5, 0.6) is 0 Å². The molecule has 8 heteroatoms. The van der Waals surface area contributed by atoms with Gasteiger partial charge < -0.3 is 15.1 Å². The second-order valence-electron chi connectivity index (χ2n) is 7.22. The molecular formula is C19H26N4O2S2. The molecule has 1 aliphatic rings. The average molecular weight is 407 g/mol. The van der Waals surface area contributed by atoms with E-state index >= 15 is 0 Å². The van der Waals surface area contributed by atoms with E-state index in [4.69, 9.17) is 0 Å². The SMILES string of the molecule is Cc1csc([C@@H](Cc2cccs2)NC(=O)[C@@H]2CC(=O)N(CCN(C)C)C2)n1. The van der Waals surface area contributed by atoms with Gasteiger partial charge in [0, 0.05) is 48.4 Å². The minimum Gasteiger partial charge on any atom is -0.346 e. The fourth-order valence-electron chi connectivity index (χ4n) is 3.14. The average Bonchev–Trinajstić information content (AvgIpc) is 3.34. The van der Waals surface area contributed by atoms with Gasteiger partial charge in [-0.2, -0.15) is 0 Å². The zero-order chi connectivity index (χ0) is 19.4. The van der Waals surface area contributed by atoms with Gasteiger partial charge in [0.25, 0.3) is 0 Å². The number of thiazole rings is 1. The molecule has 3 heterocycles. The number of nitrogens with one attached hydrogen (secondary N) is 1. The molecule has 1 N–H and O–H groups in total. The van der Waals surface area contributed by atoms with Crippen LogP contribution in [0.3, 0.4) is 0 Å². The van der Waals surface area contributed by atoms with Crippen molar-refractivity contribution in [2.75, 3.05) is 33.7 Å². The molecule has 0 radical (unpaired) electrons. The normalized spacial score (nSPS) is 18.3.